The monoisotopic (exact) mass is 417 g/mol. The summed E-state index contributed by atoms with van der Waals surface area (Å²) in [6.07, 6.45) is -3.29. The van der Waals surface area contributed by atoms with Crippen LogP contribution in [0.2, 0.25) is 0 Å². The summed E-state index contributed by atoms with van der Waals surface area (Å²) in [5.74, 6) is -0.645. The second-order valence-electron chi connectivity index (χ2n) is 7.12. The molecule has 28 heavy (non-hydrogen) atoms. The summed E-state index contributed by atoms with van der Waals surface area (Å²) in [4.78, 5) is 23.9. The first kappa shape index (κ1) is 20.4. The summed E-state index contributed by atoms with van der Waals surface area (Å²) in [5, 5.41) is 3.34. The minimum Gasteiger partial charge on any atom is -0.353 e. The molecule has 0 radical (unpaired) electrons. The first-order valence-corrected chi connectivity index (χ1v) is 9.13. The number of piperazine rings is 1. The maximum Gasteiger partial charge on any atom is 0.471 e. The number of carbonyl (C=O) groups excluding carboxylic acids is 1. The van der Waals surface area contributed by atoms with Gasteiger partial charge in [0.15, 0.2) is 0 Å². The molecule has 1 saturated heterocycles. The zero-order valence-electron chi connectivity index (χ0n) is 15.3. The third-order valence-corrected chi connectivity index (χ3v) is 5.15. The normalized spacial score (nSPS) is 15.8. The van der Waals surface area contributed by atoms with Crippen molar-refractivity contribution in [2.75, 3.05) is 37.0 Å². The van der Waals surface area contributed by atoms with Crippen molar-refractivity contribution in [2.24, 2.45) is 5.41 Å². The van der Waals surface area contributed by atoms with Crippen LogP contribution < -0.4 is 4.90 Å². The Morgan fingerprint density at radius 1 is 1.21 bits per heavy atom. The number of alkyl halides is 4. The van der Waals surface area contributed by atoms with E-state index in [1.807, 2.05) is 18.7 Å². The molecule has 1 amide bonds. The first-order chi connectivity index (χ1) is 13.1. The molecule has 11 heteroatoms. The second kappa shape index (κ2) is 7.57. The summed E-state index contributed by atoms with van der Waals surface area (Å²) < 4.78 is 41.9. The molecule has 1 fully saturated rings. The van der Waals surface area contributed by atoms with Gasteiger partial charge >= 0.3 is 12.1 Å². The third kappa shape index (κ3) is 4.21. The van der Waals surface area contributed by atoms with Gasteiger partial charge in [-0.2, -0.15) is 18.2 Å². The molecule has 1 aliphatic heterocycles. The Labute approximate surface area is 164 Å². The van der Waals surface area contributed by atoms with Crippen molar-refractivity contribution in [3.63, 3.8) is 0 Å². The molecule has 7 nitrogen and oxygen atoms in total. The predicted octanol–water partition coefficient (Wildman–Crippen LogP) is 3.06. The maximum absolute atomic E-state index is 12.6. The number of rotatable bonds is 4. The van der Waals surface area contributed by atoms with Crippen LogP contribution in [0.5, 0.6) is 0 Å². The molecule has 0 unspecified atom stereocenters. The fourth-order valence-electron chi connectivity index (χ4n) is 2.79. The van der Waals surface area contributed by atoms with Gasteiger partial charge < -0.3 is 14.3 Å². The van der Waals surface area contributed by atoms with E-state index in [2.05, 4.69) is 19.6 Å². The van der Waals surface area contributed by atoms with Crippen LogP contribution in [-0.2, 0) is 11.0 Å². The van der Waals surface area contributed by atoms with Crippen LogP contribution in [0.15, 0.2) is 22.9 Å². The van der Waals surface area contributed by atoms with E-state index in [0.717, 1.165) is 0 Å². The van der Waals surface area contributed by atoms with Gasteiger partial charge in [-0.1, -0.05) is 5.16 Å². The molecule has 1 aliphatic rings. The van der Waals surface area contributed by atoms with Crippen LogP contribution in [-0.4, -0.2) is 58.0 Å². The van der Waals surface area contributed by atoms with Crippen molar-refractivity contribution in [3.8, 4) is 11.4 Å². The summed E-state index contributed by atoms with van der Waals surface area (Å²) >= 11 is 5.88. The number of amides is 1. The highest BCUT2D eigenvalue weighted by Gasteiger charge is 2.38. The first-order valence-electron chi connectivity index (χ1n) is 8.59. The van der Waals surface area contributed by atoms with E-state index in [1.54, 1.807) is 17.0 Å². The lowest BCUT2D eigenvalue weighted by Crippen LogP contribution is -2.52. The van der Waals surface area contributed by atoms with E-state index in [-0.39, 0.29) is 17.6 Å². The lowest BCUT2D eigenvalue weighted by Gasteiger charge is -2.38. The summed E-state index contributed by atoms with van der Waals surface area (Å²) in [7, 11) is 0. The highest BCUT2D eigenvalue weighted by molar-refractivity contribution is 6.19. The maximum atomic E-state index is 12.6. The summed E-state index contributed by atoms with van der Waals surface area (Å²) in [6.45, 7) is 5.91. The van der Waals surface area contributed by atoms with Gasteiger partial charge in [0.05, 0.1) is 5.41 Å². The minimum atomic E-state index is -4.69. The van der Waals surface area contributed by atoms with Crippen LogP contribution in [0.1, 0.15) is 19.7 Å². The highest BCUT2D eigenvalue weighted by Crippen LogP contribution is 2.29. The van der Waals surface area contributed by atoms with Crippen molar-refractivity contribution < 1.29 is 22.5 Å². The molecular weight excluding hydrogens is 399 g/mol. The number of hydrogen-bond donors (Lipinski definition) is 0. The number of pyridine rings is 1. The molecule has 0 aliphatic carbocycles. The summed E-state index contributed by atoms with van der Waals surface area (Å²) in [5.41, 5.74) is -0.288. The molecule has 0 bridgehead atoms. The second-order valence-corrected chi connectivity index (χ2v) is 7.39. The zero-order chi connectivity index (χ0) is 20.5. The van der Waals surface area contributed by atoms with Crippen LogP contribution in [0.3, 0.4) is 0 Å². The number of hydrogen-bond acceptors (Lipinski definition) is 6. The van der Waals surface area contributed by atoms with Crippen molar-refractivity contribution in [1.82, 2.24) is 20.0 Å². The Morgan fingerprint density at radius 3 is 2.39 bits per heavy atom. The molecule has 152 valence electrons. The lowest BCUT2D eigenvalue weighted by molar-refractivity contribution is -0.159. The SMILES string of the molecule is CC(C)(CCl)C(=O)N1CCN(c2ccc(-c3noc(C(F)(F)F)n3)cn2)CC1. The van der Waals surface area contributed by atoms with Gasteiger partial charge in [-0.05, 0) is 26.0 Å². The number of nitrogens with zero attached hydrogens (tertiary/aromatic N) is 5. The summed E-state index contributed by atoms with van der Waals surface area (Å²) in [6, 6.07) is 3.26. The Kier molecular flexibility index (Phi) is 5.51. The molecule has 0 atom stereocenters. The van der Waals surface area contributed by atoms with E-state index in [1.165, 1.54) is 6.20 Å². The van der Waals surface area contributed by atoms with Gasteiger partial charge in [-0.15, -0.1) is 11.6 Å². The number of halogens is 4. The van der Waals surface area contributed by atoms with Crippen LogP contribution in [0, 0.1) is 5.41 Å². The largest absolute Gasteiger partial charge is 0.471 e. The van der Waals surface area contributed by atoms with Gasteiger partial charge in [0, 0.05) is 43.8 Å². The smallest absolute Gasteiger partial charge is 0.353 e. The predicted molar refractivity (Wildman–Crippen MR) is 95.8 cm³/mol. The Morgan fingerprint density at radius 2 is 1.89 bits per heavy atom. The van der Waals surface area contributed by atoms with Crippen LogP contribution in [0.4, 0.5) is 19.0 Å². The van der Waals surface area contributed by atoms with E-state index < -0.39 is 17.5 Å². The van der Waals surface area contributed by atoms with Crippen molar-refractivity contribution >= 4 is 23.3 Å². The number of aromatic nitrogens is 3. The molecule has 0 spiro atoms. The highest BCUT2D eigenvalue weighted by atomic mass is 35.5. The topological polar surface area (TPSA) is 75.4 Å². The van der Waals surface area contributed by atoms with E-state index >= 15 is 0 Å². The molecule has 3 heterocycles. The zero-order valence-corrected chi connectivity index (χ0v) is 16.1. The number of carbonyl (C=O) groups is 1. The van der Waals surface area contributed by atoms with Crippen molar-refractivity contribution in [3.05, 3.63) is 24.2 Å². The van der Waals surface area contributed by atoms with Crippen LogP contribution in [0.25, 0.3) is 11.4 Å². The standard InChI is InChI=1S/C17H19ClF3N5O2/c1-16(2,10-18)15(27)26-7-5-25(6-8-26)12-4-3-11(9-22-12)13-23-14(28-24-13)17(19,20)21/h3-4,9H,5-8,10H2,1-2H3. The Hall–Kier alpha value is -2.36. The fraction of sp³-hybridized carbons (Fsp3) is 0.529. The quantitative estimate of drug-likeness (QED) is 0.712. The Bertz CT molecular complexity index is 830. The van der Waals surface area contributed by atoms with Gasteiger partial charge in [-0.25, -0.2) is 4.98 Å². The molecule has 2 aromatic heterocycles. The van der Waals surface area contributed by atoms with E-state index in [0.29, 0.717) is 37.6 Å². The average Bonchev–Trinajstić information content (AvgIpc) is 3.18. The molecular formula is C17H19ClF3N5O2. The van der Waals surface area contributed by atoms with Gasteiger partial charge in [0.2, 0.25) is 11.7 Å². The van der Waals surface area contributed by atoms with E-state index in [4.69, 9.17) is 11.6 Å². The van der Waals surface area contributed by atoms with Gasteiger partial charge in [0.1, 0.15) is 5.82 Å². The number of anilines is 1. The van der Waals surface area contributed by atoms with Crippen molar-refractivity contribution in [1.29, 1.82) is 0 Å². The average molecular weight is 418 g/mol. The van der Waals surface area contributed by atoms with Gasteiger partial charge in [-0.3, -0.25) is 4.79 Å². The Balaban J connectivity index is 1.64. The molecule has 2 aromatic rings. The molecule has 0 saturated carbocycles. The van der Waals surface area contributed by atoms with Gasteiger partial charge in [0.25, 0.3) is 0 Å². The fourth-order valence-corrected chi connectivity index (χ4v) is 2.90. The third-order valence-electron chi connectivity index (χ3n) is 4.48. The molecule has 0 N–H and O–H groups in total. The van der Waals surface area contributed by atoms with E-state index in [9.17, 15) is 18.0 Å². The lowest BCUT2D eigenvalue weighted by atomic mass is 9.94. The molecule has 3 rings (SSSR count). The van der Waals surface area contributed by atoms with Crippen molar-refractivity contribution in [2.45, 2.75) is 20.0 Å². The molecule has 0 aromatic carbocycles. The van der Waals surface area contributed by atoms with Crippen LogP contribution >= 0.6 is 11.6 Å². The minimum absolute atomic E-state index is 0.0167.